The molecule has 0 aliphatic carbocycles. The highest BCUT2D eigenvalue weighted by Crippen LogP contribution is 2.23. The molecule has 6 heteroatoms. The van der Waals surface area contributed by atoms with Crippen molar-refractivity contribution in [1.82, 2.24) is 14.8 Å². The number of piperazine rings is 1. The van der Waals surface area contributed by atoms with Crippen molar-refractivity contribution in [2.75, 3.05) is 19.6 Å². The zero-order valence-electron chi connectivity index (χ0n) is 14.8. The molecule has 25 heavy (non-hydrogen) atoms. The van der Waals surface area contributed by atoms with Crippen LogP contribution >= 0.6 is 11.3 Å². The molecule has 2 aromatic rings. The summed E-state index contributed by atoms with van der Waals surface area (Å²) in [6.07, 6.45) is 1.38. The lowest BCUT2D eigenvalue weighted by Crippen LogP contribution is -2.48. The number of hydrogen-bond donors (Lipinski definition) is 1. The molecule has 0 radical (unpaired) electrons. The van der Waals surface area contributed by atoms with Gasteiger partial charge in [0.25, 0.3) is 0 Å². The van der Waals surface area contributed by atoms with Crippen LogP contribution in [0.25, 0.3) is 0 Å². The van der Waals surface area contributed by atoms with Gasteiger partial charge in [-0.3, -0.25) is 9.59 Å². The maximum absolute atomic E-state index is 12.8. The molecule has 2 heterocycles. The van der Waals surface area contributed by atoms with E-state index < -0.39 is 0 Å². The van der Waals surface area contributed by atoms with Crippen molar-refractivity contribution in [3.8, 4) is 0 Å². The second kappa shape index (κ2) is 7.97. The summed E-state index contributed by atoms with van der Waals surface area (Å²) in [6, 6.07) is 8.60. The molecule has 134 valence electrons. The van der Waals surface area contributed by atoms with E-state index in [0.717, 1.165) is 25.2 Å². The van der Waals surface area contributed by atoms with E-state index in [9.17, 15) is 9.59 Å². The van der Waals surface area contributed by atoms with Crippen LogP contribution in [0, 0.1) is 6.92 Å². The molecule has 1 aromatic carbocycles. The third-order valence-electron chi connectivity index (χ3n) is 4.86. The average Bonchev–Trinajstić information content (AvgIpc) is 2.97. The molecule has 3 rings (SSSR count). The van der Waals surface area contributed by atoms with Gasteiger partial charge < -0.3 is 14.8 Å². The summed E-state index contributed by atoms with van der Waals surface area (Å²) in [6.45, 7) is 6.79. The molecule has 1 aliphatic rings. The first-order chi connectivity index (χ1) is 12.1. The van der Waals surface area contributed by atoms with Crippen molar-refractivity contribution in [2.24, 2.45) is 0 Å². The number of carbonyl (C=O) groups excluding carboxylic acids is 1. The summed E-state index contributed by atoms with van der Waals surface area (Å²) in [5.41, 5.74) is 3.40. The van der Waals surface area contributed by atoms with Gasteiger partial charge in [-0.15, -0.1) is 0 Å². The highest BCUT2D eigenvalue weighted by Gasteiger charge is 2.27. The summed E-state index contributed by atoms with van der Waals surface area (Å²) in [5.74, 6) is 0.114. The summed E-state index contributed by atoms with van der Waals surface area (Å²) in [4.78, 5) is 26.6. The van der Waals surface area contributed by atoms with Gasteiger partial charge in [0.05, 0.1) is 6.04 Å². The van der Waals surface area contributed by atoms with Gasteiger partial charge in [0.1, 0.15) is 0 Å². The Balaban J connectivity index is 1.71. The maximum atomic E-state index is 12.8. The van der Waals surface area contributed by atoms with Crippen LogP contribution in [0.2, 0.25) is 0 Å². The molecule has 1 aliphatic heterocycles. The van der Waals surface area contributed by atoms with Crippen molar-refractivity contribution >= 4 is 17.2 Å². The van der Waals surface area contributed by atoms with Crippen molar-refractivity contribution < 1.29 is 4.79 Å². The predicted octanol–water partition coefficient (Wildman–Crippen LogP) is 2.34. The van der Waals surface area contributed by atoms with Crippen molar-refractivity contribution in [3.63, 3.8) is 0 Å². The van der Waals surface area contributed by atoms with Crippen LogP contribution in [0.1, 0.15) is 36.2 Å². The first-order valence-electron chi connectivity index (χ1n) is 8.84. The number of nitrogens with one attached hydrogen (secondary N) is 1. The second-order valence-corrected chi connectivity index (χ2v) is 7.27. The molecule has 0 spiro atoms. The molecule has 0 saturated carbocycles. The van der Waals surface area contributed by atoms with Gasteiger partial charge in [0, 0.05) is 43.7 Å². The lowest BCUT2D eigenvalue weighted by molar-refractivity contribution is -0.134. The third kappa shape index (κ3) is 4.02. The lowest BCUT2D eigenvalue weighted by Gasteiger charge is -2.36. The molecule has 1 atom stereocenters. The van der Waals surface area contributed by atoms with E-state index >= 15 is 0 Å². The van der Waals surface area contributed by atoms with Crippen LogP contribution in [0.4, 0.5) is 0 Å². The standard InChI is InChI=1S/C19H25N3O2S/c1-3-15-4-6-16(7-5-15)17-12-20-9-11-22(17)18(23)8-10-21-14(2)13-25-19(21)24/h4-7,13,17,20H,3,8-12H2,1-2H3. The zero-order valence-corrected chi connectivity index (χ0v) is 15.6. The van der Waals surface area contributed by atoms with Crippen molar-refractivity contribution in [3.05, 3.63) is 56.1 Å². The summed E-state index contributed by atoms with van der Waals surface area (Å²) in [5, 5.41) is 5.23. The molecule has 5 nitrogen and oxygen atoms in total. The minimum atomic E-state index is 0.0114. The van der Waals surface area contributed by atoms with E-state index in [-0.39, 0.29) is 16.8 Å². The van der Waals surface area contributed by atoms with Gasteiger partial charge in [-0.05, 0) is 24.5 Å². The molecule has 1 N–H and O–H groups in total. The van der Waals surface area contributed by atoms with E-state index in [1.54, 1.807) is 4.57 Å². The second-order valence-electron chi connectivity index (χ2n) is 6.45. The summed E-state index contributed by atoms with van der Waals surface area (Å²) >= 11 is 1.19. The van der Waals surface area contributed by atoms with Gasteiger partial charge in [-0.2, -0.15) is 0 Å². The number of carbonyl (C=O) groups is 1. The predicted molar refractivity (Wildman–Crippen MR) is 101 cm³/mol. The van der Waals surface area contributed by atoms with Crippen LogP contribution in [0.3, 0.4) is 0 Å². The van der Waals surface area contributed by atoms with Crippen LogP contribution in [-0.4, -0.2) is 35.0 Å². The van der Waals surface area contributed by atoms with Gasteiger partial charge in [0.2, 0.25) is 5.91 Å². The number of aromatic nitrogens is 1. The molecule has 1 fully saturated rings. The Hall–Kier alpha value is -1.92. The van der Waals surface area contributed by atoms with Crippen molar-refractivity contribution in [1.29, 1.82) is 0 Å². The topological polar surface area (TPSA) is 54.3 Å². The van der Waals surface area contributed by atoms with E-state index in [2.05, 4.69) is 36.5 Å². The molecule has 1 aromatic heterocycles. The highest BCUT2D eigenvalue weighted by atomic mass is 32.1. The van der Waals surface area contributed by atoms with Gasteiger partial charge in [-0.1, -0.05) is 42.5 Å². The molecule has 0 bridgehead atoms. The maximum Gasteiger partial charge on any atom is 0.307 e. The number of thiazole rings is 1. The van der Waals surface area contributed by atoms with Crippen LogP contribution < -0.4 is 10.2 Å². The first-order valence-corrected chi connectivity index (χ1v) is 9.72. The molecular weight excluding hydrogens is 334 g/mol. The fourth-order valence-corrected chi connectivity index (χ4v) is 4.06. The van der Waals surface area contributed by atoms with E-state index in [0.29, 0.717) is 19.5 Å². The number of rotatable bonds is 5. The normalized spacial score (nSPS) is 17.7. The zero-order chi connectivity index (χ0) is 17.8. The Morgan fingerprint density at radius 3 is 2.72 bits per heavy atom. The van der Waals surface area contributed by atoms with Gasteiger partial charge in [0.15, 0.2) is 0 Å². The Morgan fingerprint density at radius 2 is 2.08 bits per heavy atom. The Labute approximate surface area is 152 Å². The highest BCUT2D eigenvalue weighted by molar-refractivity contribution is 7.07. The van der Waals surface area contributed by atoms with Crippen LogP contribution in [0.15, 0.2) is 34.4 Å². The van der Waals surface area contributed by atoms with E-state index in [1.165, 1.54) is 22.5 Å². The monoisotopic (exact) mass is 359 g/mol. The fourth-order valence-electron chi connectivity index (χ4n) is 3.30. The van der Waals surface area contributed by atoms with Crippen LogP contribution in [0.5, 0.6) is 0 Å². The number of nitrogens with zero attached hydrogens (tertiary/aromatic N) is 2. The van der Waals surface area contributed by atoms with E-state index in [4.69, 9.17) is 0 Å². The number of hydrogen-bond acceptors (Lipinski definition) is 4. The smallest absolute Gasteiger partial charge is 0.307 e. The minimum Gasteiger partial charge on any atom is -0.333 e. The van der Waals surface area contributed by atoms with E-state index in [1.807, 2.05) is 17.2 Å². The van der Waals surface area contributed by atoms with Gasteiger partial charge >= 0.3 is 4.87 Å². The average molecular weight is 359 g/mol. The van der Waals surface area contributed by atoms with Crippen LogP contribution in [-0.2, 0) is 17.8 Å². The SMILES string of the molecule is CCc1ccc(C2CNCCN2C(=O)CCn2c(C)csc2=O)cc1. The molecular formula is C19H25N3O2S. The first kappa shape index (κ1) is 17.9. The number of amides is 1. The lowest BCUT2D eigenvalue weighted by atomic mass is 10.0. The van der Waals surface area contributed by atoms with Crippen molar-refractivity contribution in [2.45, 2.75) is 39.3 Å². The Morgan fingerprint density at radius 1 is 1.32 bits per heavy atom. The largest absolute Gasteiger partial charge is 0.333 e. The number of benzene rings is 1. The molecule has 1 saturated heterocycles. The fraction of sp³-hybridized carbons (Fsp3) is 0.474. The number of aryl methyl sites for hydroxylation is 2. The third-order valence-corrected chi connectivity index (χ3v) is 5.74. The minimum absolute atomic E-state index is 0.0114. The van der Waals surface area contributed by atoms with Gasteiger partial charge in [-0.25, -0.2) is 0 Å². The quantitative estimate of drug-likeness (QED) is 0.892. The molecule has 1 unspecified atom stereocenters. The Bertz CT molecular complexity index is 779. The Kier molecular flexibility index (Phi) is 5.71. The summed E-state index contributed by atoms with van der Waals surface area (Å²) in [7, 11) is 0. The summed E-state index contributed by atoms with van der Waals surface area (Å²) < 4.78 is 1.69. The molecule has 1 amide bonds.